The highest BCUT2D eigenvalue weighted by Gasteiger charge is 2.37. The summed E-state index contributed by atoms with van der Waals surface area (Å²) in [5, 5.41) is 10.5. The molecule has 1 aliphatic rings. The Morgan fingerprint density at radius 1 is 1.47 bits per heavy atom. The summed E-state index contributed by atoms with van der Waals surface area (Å²) in [4.78, 5) is 14.7. The number of H-pyrrole nitrogens is 1. The second-order valence-electron chi connectivity index (χ2n) is 4.92. The maximum Gasteiger partial charge on any atom is 0.309 e. The number of hydrogen-bond acceptors (Lipinski definition) is 2. The maximum absolute atomic E-state index is 11.4. The molecule has 3 rings (SSSR count). The van der Waals surface area contributed by atoms with E-state index in [1.165, 1.54) is 10.9 Å². The first-order valence-electron chi connectivity index (χ1n) is 6.66. The summed E-state index contributed by atoms with van der Waals surface area (Å²) in [6.07, 6.45) is 1.06. The van der Waals surface area contributed by atoms with Crippen LogP contribution in [0.4, 0.5) is 0 Å². The molecule has 4 nitrogen and oxygen atoms in total. The highest BCUT2D eigenvalue weighted by atomic mass is 16.5. The van der Waals surface area contributed by atoms with Crippen molar-refractivity contribution in [2.24, 2.45) is 5.92 Å². The monoisotopic (exact) mass is 259 g/mol. The van der Waals surface area contributed by atoms with Gasteiger partial charge in [0.25, 0.3) is 0 Å². The summed E-state index contributed by atoms with van der Waals surface area (Å²) in [5.74, 6) is -1.23. The Bertz CT molecular complexity index is 617. The summed E-state index contributed by atoms with van der Waals surface area (Å²) >= 11 is 0. The van der Waals surface area contributed by atoms with Crippen LogP contribution in [-0.2, 0) is 16.0 Å². The quantitative estimate of drug-likeness (QED) is 0.890. The molecule has 0 aliphatic heterocycles. The highest BCUT2D eigenvalue weighted by Crippen LogP contribution is 2.40. The third-order valence-electron chi connectivity index (χ3n) is 3.87. The zero-order valence-corrected chi connectivity index (χ0v) is 10.8. The van der Waals surface area contributed by atoms with Crippen LogP contribution >= 0.6 is 0 Å². The lowest BCUT2D eigenvalue weighted by Gasteiger charge is -2.28. The van der Waals surface area contributed by atoms with Gasteiger partial charge >= 0.3 is 5.97 Å². The number of aromatic amines is 1. The van der Waals surface area contributed by atoms with Crippen LogP contribution in [0.1, 0.15) is 30.7 Å². The van der Waals surface area contributed by atoms with Gasteiger partial charge in [0.1, 0.15) is 6.10 Å². The van der Waals surface area contributed by atoms with Crippen molar-refractivity contribution in [2.75, 3.05) is 6.61 Å². The SMILES string of the molecule is CCOC1c2[nH]c3ccccc3c2CCC1C(=O)O. The number of ether oxygens (including phenoxy) is 1. The number of carboxylic acid groups (broad SMARTS) is 1. The van der Waals surface area contributed by atoms with E-state index in [0.717, 1.165) is 17.6 Å². The van der Waals surface area contributed by atoms with Gasteiger partial charge in [0.15, 0.2) is 0 Å². The lowest BCUT2D eigenvalue weighted by atomic mass is 9.84. The largest absolute Gasteiger partial charge is 0.481 e. The van der Waals surface area contributed by atoms with E-state index in [9.17, 15) is 9.90 Å². The Hall–Kier alpha value is -1.81. The molecular weight excluding hydrogens is 242 g/mol. The summed E-state index contributed by atoms with van der Waals surface area (Å²) in [6, 6.07) is 8.09. The zero-order valence-electron chi connectivity index (χ0n) is 10.8. The number of aryl methyl sites for hydroxylation is 1. The van der Waals surface area contributed by atoms with Crippen molar-refractivity contribution < 1.29 is 14.6 Å². The minimum absolute atomic E-state index is 0.362. The molecule has 0 radical (unpaired) electrons. The van der Waals surface area contributed by atoms with Crippen molar-refractivity contribution >= 4 is 16.9 Å². The van der Waals surface area contributed by atoms with E-state index in [0.29, 0.717) is 13.0 Å². The molecular formula is C15H17NO3. The maximum atomic E-state index is 11.4. The van der Waals surface area contributed by atoms with Crippen LogP contribution in [0.15, 0.2) is 24.3 Å². The number of fused-ring (bicyclic) bond motifs is 3. The number of carboxylic acids is 1. The number of aromatic nitrogens is 1. The van der Waals surface area contributed by atoms with Gasteiger partial charge in [-0.15, -0.1) is 0 Å². The molecule has 4 heteroatoms. The van der Waals surface area contributed by atoms with E-state index >= 15 is 0 Å². The van der Waals surface area contributed by atoms with Gasteiger partial charge in [-0.1, -0.05) is 18.2 Å². The minimum Gasteiger partial charge on any atom is -0.481 e. The standard InChI is InChI=1S/C15H17NO3/c1-2-19-14-11(15(17)18)8-7-10-9-5-3-4-6-12(9)16-13(10)14/h3-6,11,14,16H,2,7-8H2,1H3,(H,17,18). The lowest BCUT2D eigenvalue weighted by Crippen LogP contribution is -2.29. The summed E-state index contributed by atoms with van der Waals surface area (Å²) < 4.78 is 5.70. The number of benzene rings is 1. The second kappa shape index (κ2) is 4.70. The molecule has 0 amide bonds. The molecule has 100 valence electrons. The zero-order chi connectivity index (χ0) is 13.4. The summed E-state index contributed by atoms with van der Waals surface area (Å²) in [6.45, 7) is 2.42. The van der Waals surface area contributed by atoms with Crippen molar-refractivity contribution in [1.29, 1.82) is 0 Å². The second-order valence-corrected chi connectivity index (χ2v) is 4.92. The van der Waals surface area contributed by atoms with Crippen molar-refractivity contribution in [3.63, 3.8) is 0 Å². The van der Waals surface area contributed by atoms with Crippen molar-refractivity contribution in [3.8, 4) is 0 Å². The molecule has 2 unspecified atom stereocenters. The molecule has 2 N–H and O–H groups in total. The van der Waals surface area contributed by atoms with Crippen molar-refractivity contribution in [1.82, 2.24) is 4.98 Å². The smallest absolute Gasteiger partial charge is 0.309 e. The third kappa shape index (κ3) is 1.92. The average Bonchev–Trinajstić information content (AvgIpc) is 2.78. The van der Waals surface area contributed by atoms with Gasteiger partial charge < -0.3 is 14.8 Å². The van der Waals surface area contributed by atoms with Crippen LogP contribution in [0.3, 0.4) is 0 Å². The van der Waals surface area contributed by atoms with Gasteiger partial charge in [-0.3, -0.25) is 4.79 Å². The lowest BCUT2D eigenvalue weighted by molar-refractivity contribution is -0.148. The van der Waals surface area contributed by atoms with Gasteiger partial charge in [0.2, 0.25) is 0 Å². The normalized spacial score (nSPS) is 22.4. The fourth-order valence-corrected chi connectivity index (χ4v) is 3.02. The van der Waals surface area contributed by atoms with E-state index in [2.05, 4.69) is 11.1 Å². The van der Waals surface area contributed by atoms with E-state index in [1.54, 1.807) is 0 Å². The van der Waals surface area contributed by atoms with E-state index < -0.39 is 11.9 Å². The fraction of sp³-hybridized carbons (Fsp3) is 0.400. The number of carbonyl (C=O) groups is 1. The number of hydrogen-bond donors (Lipinski definition) is 2. The van der Waals surface area contributed by atoms with Crippen molar-refractivity contribution in [3.05, 3.63) is 35.5 Å². The molecule has 2 aromatic rings. The van der Waals surface area contributed by atoms with Gasteiger partial charge in [0, 0.05) is 23.2 Å². The van der Waals surface area contributed by atoms with Crippen LogP contribution in [0.2, 0.25) is 0 Å². The van der Waals surface area contributed by atoms with Gasteiger partial charge in [-0.25, -0.2) is 0 Å². The van der Waals surface area contributed by atoms with Crippen LogP contribution < -0.4 is 0 Å². The highest BCUT2D eigenvalue weighted by molar-refractivity contribution is 5.85. The molecule has 19 heavy (non-hydrogen) atoms. The van der Waals surface area contributed by atoms with Gasteiger partial charge in [0.05, 0.1) is 5.92 Å². The van der Waals surface area contributed by atoms with Crippen LogP contribution in [0.5, 0.6) is 0 Å². The van der Waals surface area contributed by atoms with Gasteiger partial charge in [-0.2, -0.15) is 0 Å². The molecule has 1 aromatic heterocycles. The fourth-order valence-electron chi connectivity index (χ4n) is 3.02. The van der Waals surface area contributed by atoms with E-state index in [4.69, 9.17) is 4.74 Å². The van der Waals surface area contributed by atoms with E-state index in [1.807, 2.05) is 25.1 Å². The number of para-hydroxylation sites is 1. The predicted molar refractivity (Wildman–Crippen MR) is 72.1 cm³/mol. The molecule has 0 saturated carbocycles. The van der Waals surface area contributed by atoms with Crippen LogP contribution in [0, 0.1) is 5.92 Å². The molecule has 1 heterocycles. The number of nitrogens with one attached hydrogen (secondary N) is 1. The summed E-state index contributed by atoms with van der Waals surface area (Å²) in [7, 11) is 0. The molecule has 1 aliphatic carbocycles. The first-order valence-corrected chi connectivity index (χ1v) is 6.66. The summed E-state index contributed by atoms with van der Waals surface area (Å²) in [5.41, 5.74) is 3.22. The van der Waals surface area contributed by atoms with E-state index in [-0.39, 0.29) is 6.10 Å². The minimum atomic E-state index is -0.775. The average molecular weight is 259 g/mol. The molecule has 0 fully saturated rings. The Kier molecular flexibility index (Phi) is 3.03. The Morgan fingerprint density at radius 2 is 2.26 bits per heavy atom. The molecule has 0 bridgehead atoms. The Labute approximate surface area is 111 Å². The Morgan fingerprint density at radius 3 is 3.00 bits per heavy atom. The first-order chi connectivity index (χ1) is 9.22. The number of aliphatic carboxylic acids is 1. The molecule has 2 atom stereocenters. The molecule has 0 saturated heterocycles. The molecule has 0 spiro atoms. The number of rotatable bonds is 3. The van der Waals surface area contributed by atoms with Crippen molar-refractivity contribution in [2.45, 2.75) is 25.9 Å². The van der Waals surface area contributed by atoms with Crippen LogP contribution in [0.25, 0.3) is 10.9 Å². The third-order valence-corrected chi connectivity index (χ3v) is 3.87. The predicted octanol–water partition coefficient (Wildman–Crippen LogP) is 2.89. The van der Waals surface area contributed by atoms with Crippen LogP contribution in [-0.4, -0.2) is 22.7 Å². The topological polar surface area (TPSA) is 62.3 Å². The first kappa shape index (κ1) is 12.2. The van der Waals surface area contributed by atoms with Gasteiger partial charge in [-0.05, 0) is 31.4 Å². The molecule has 1 aromatic carbocycles. The Balaban J connectivity index is 2.12.